The smallest absolute Gasteiger partial charge is 0.255 e. The number of phenolic OH excluding ortho intramolecular Hbond substituents is 2. The maximum absolute atomic E-state index is 11.8. The molecule has 18 heavy (non-hydrogen) atoms. The van der Waals surface area contributed by atoms with E-state index in [0.717, 1.165) is 6.07 Å². The van der Waals surface area contributed by atoms with Crippen molar-refractivity contribution in [3.8, 4) is 11.5 Å². The normalized spacial score (nSPS) is 11.3. The third-order valence-electron chi connectivity index (χ3n) is 2.74. The zero-order valence-electron chi connectivity index (χ0n) is 10.6. The van der Waals surface area contributed by atoms with Gasteiger partial charge in [0.15, 0.2) is 0 Å². The first-order valence-corrected chi connectivity index (χ1v) is 5.77. The highest BCUT2D eigenvalue weighted by atomic mass is 16.3. The molecule has 0 fully saturated rings. The van der Waals surface area contributed by atoms with Crippen molar-refractivity contribution >= 4 is 5.91 Å². The lowest BCUT2D eigenvalue weighted by Gasteiger charge is -2.23. The summed E-state index contributed by atoms with van der Waals surface area (Å²) in [6.07, 6.45) is 0.578. The number of carbonyl (C=O) groups is 1. The summed E-state index contributed by atoms with van der Waals surface area (Å²) in [6.45, 7) is 4.32. The van der Waals surface area contributed by atoms with Gasteiger partial charge in [0.25, 0.3) is 5.91 Å². The van der Waals surface area contributed by atoms with Crippen molar-refractivity contribution in [1.82, 2.24) is 5.32 Å². The van der Waals surface area contributed by atoms with Crippen molar-refractivity contribution < 1.29 is 20.1 Å². The molecule has 0 unspecified atom stereocenters. The molecule has 0 spiro atoms. The highest BCUT2D eigenvalue weighted by Gasteiger charge is 2.19. The van der Waals surface area contributed by atoms with Crippen LogP contribution in [-0.4, -0.2) is 34.4 Å². The van der Waals surface area contributed by atoms with Crippen LogP contribution in [0.15, 0.2) is 18.2 Å². The lowest BCUT2D eigenvalue weighted by molar-refractivity contribution is 0.0925. The van der Waals surface area contributed by atoms with Crippen molar-refractivity contribution in [2.75, 3.05) is 13.2 Å². The van der Waals surface area contributed by atoms with Gasteiger partial charge in [-0.2, -0.15) is 0 Å². The summed E-state index contributed by atoms with van der Waals surface area (Å²) in [7, 11) is 0. The van der Waals surface area contributed by atoms with Gasteiger partial charge in [0.05, 0.1) is 5.56 Å². The molecule has 1 amide bonds. The molecule has 0 saturated carbocycles. The number of nitrogens with one attached hydrogen (secondary N) is 1. The van der Waals surface area contributed by atoms with E-state index in [4.69, 9.17) is 10.2 Å². The van der Waals surface area contributed by atoms with Crippen LogP contribution in [0.1, 0.15) is 30.6 Å². The summed E-state index contributed by atoms with van der Waals surface area (Å²) < 4.78 is 0. The number of hydrogen-bond acceptors (Lipinski definition) is 4. The maximum atomic E-state index is 11.8. The Morgan fingerprint density at radius 3 is 2.56 bits per heavy atom. The van der Waals surface area contributed by atoms with Gasteiger partial charge in [0, 0.05) is 19.2 Å². The van der Waals surface area contributed by atoms with Crippen molar-refractivity contribution in [2.24, 2.45) is 5.41 Å². The summed E-state index contributed by atoms with van der Waals surface area (Å²) in [4.78, 5) is 11.8. The highest BCUT2D eigenvalue weighted by molar-refractivity contribution is 5.97. The second kappa shape index (κ2) is 5.73. The Bertz CT molecular complexity index is 429. The third-order valence-corrected chi connectivity index (χ3v) is 2.74. The van der Waals surface area contributed by atoms with E-state index in [-0.39, 0.29) is 29.1 Å². The minimum Gasteiger partial charge on any atom is -0.508 e. The van der Waals surface area contributed by atoms with Crippen molar-refractivity contribution in [1.29, 1.82) is 0 Å². The number of amides is 1. The zero-order valence-corrected chi connectivity index (χ0v) is 10.6. The number of rotatable bonds is 5. The van der Waals surface area contributed by atoms with Gasteiger partial charge in [-0.25, -0.2) is 0 Å². The van der Waals surface area contributed by atoms with E-state index in [1.54, 1.807) is 0 Å². The molecule has 0 aliphatic carbocycles. The minimum absolute atomic E-state index is 0.0628. The van der Waals surface area contributed by atoms with E-state index in [9.17, 15) is 9.90 Å². The van der Waals surface area contributed by atoms with Gasteiger partial charge in [-0.15, -0.1) is 0 Å². The monoisotopic (exact) mass is 253 g/mol. The topological polar surface area (TPSA) is 89.8 Å². The second-order valence-electron chi connectivity index (χ2n) is 5.02. The van der Waals surface area contributed by atoms with Gasteiger partial charge in [0.2, 0.25) is 0 Å². The lowest BCUT2D eigenvalue weighted by Crippen LogP contribution is -2.34. The average Bonchev–Trinajstić information content (AvgIpc) is 2.26. The van der Waals surface area contributed by atoms with E-state index in [0.29, 0.717) is 13.0 Å². The van der Waals surface area contributed by atoms with Crippen LogP contribution < -0.4 is 5.32 Å². The van der Waals surface area contributed by atoms with Crippen LogP contribution in [0.5, 0.6) is 11.5 Å². The van der Waals surface area contributed by atoms with E-state index in [1.165, 1.54) is 12.1 Å². The van der Waals surface area contributed by atoms with Crippen LogP contribution in [0, 0.1) is 5.41 Å². The Labute approximate surface area is 106 Å². The summed E-state index contributed by atoms with van der Waals surface area (Å²) in [5.74, 6) is -0.754. The highest BCUT2D eigenvalue weighted by Crippen LogP contribution is 2.23. The van der Waals surface area contributed by atoms with E-state index >= 15 is 0 Å². The third kappa shape index (κ3) is 3.92. The molecule has 0 aliphatic rings. The fraction of sp³-hybridized carbons (Fsp3) is 0.462. The van der Waals surface area contributed by atoms with Gasteiger partial charge >= 0.3 is 0 Å². The van der Waals surface area contributed by atoms with E-state index in [1.807, 2.05) is 13.8 Å². The predicted octanol–water partition coefficient (Wildman–Crippen LogP) is 1.24. The number of benzene rings is 1. The molecule has 4 N–H and O–H groups in total. The molecule has 0 saturated heterocycles. The number of aliphatic hydroxyl groups excluding tert-OH is 1. The Morgan fingerprint density at radius 2 is 2.00 bits per heavy atom. The average molecular weight is 253 g/mol. The molecular weight excluding hydrogens is 234 g/mol. The van der Waals surface area contributed by atoms with Crippen LogP contribution in [0.25, 0.3) is 0 Å². The van der Waals surface area contributed by atoms with Gasteiger partial charge in [0.1, 0.15) is 11.5 Å². The molecule has 0 radical (unpaired) electrons. The Balaban J connectivity index is 2.66. The molecule has 5 nitrogen and oxygen atoms in total. The standard InChI is InChI=1S/C13H19NO4/c1-13(2,5-6-15)8-14-12(18)10-4-3-9(16)7-11(10)17/h3-4,7,15-17H,5-6,8H2,1-2H3,(H,14,18). The SMILES string of the molecule is CC(C)(CCO)CNC(=O)c1ccc(O)cc1O. The molecule has 0 atom stereocenters. The molecule has 100 valence electrons. The first-order valence-electron chi connectivity index (χ1n) is 5.77. The Kier molecular flexibility index (Phi) is 4.55. The summed E-state index contributed by atoms with van der Waals surface area (Å²) in [5, 5.41) is 30.2. The van der Waals surface area contributed by atoms with Gasteiger partial charge in [-0.1, -0.05) is 13.8 Å². The van der Waals surface area contributed by atoms with Gasteiger partial charge in [-0.3, -0.25) is 4.79 Å². The molecule has 0 bridgehead atoms. The fourth-order valence-corrected chi connectivity index (χ4v) is 1.52. The molecule has 0 heterocycles. The molecule has 0 aromatic heterocycles. The molecular formula is C13H19NO4. The number of hydrogen-bond donors (Lipinski definition) is 4. The van der Waals surface area contributed by atoms with Crippen molar-refractivity contribution in [2.45, 2.75) is 20.3 Å². The van der Waals surface area contributed by atoms with Crippen LogP contribution in [0.3, 0.4) is 0 Å². The summed E-state index contributed by atoms with van der Waals surface area (Å²) >= 11 is 0. The number of carbonyl (C=O) groups excluding carboxylic acids is 1. The molecule has 0 aliphatic heterocycles. The van der Waals surface area contributed by atoms with Gasteiger partial charge in [-0.05, 0) is 24.0 Å². The summed E-state index contributed by atoms with van der Waals surface area (Å²) in [6, 6.07) is 3.82. The van der Waals surface area contributed by atoms with Crippen molar-refractivity contribution in [3.05, 3.63) is 23.8 Å². The van der Waals surface area contributed by atoms with Gasteiger partial charge < -0.3 is 20.6 Å². The largest absolute Gasteiger partial charge is 0.508 e. The number of aliphatic hydroxyl groups is 1. The minimum atomic E-state index is -0.404. The first kappa shape index (κ1) is 14.3. The second-order valence-corrected chi connectivity index (χ2v) is 5.02. The molecule has 1 rings (SSSR count). The van der Waals surface area contributed by atoms with Crippen LogP contribution >= 0.6 is 0 Å². The maximum Gasteiger partial charge on any atom is 0.255 e. The Hall–Kier alpha value is -1.75. The van der Waals surface area contributed by atoms with Crippen LogP contribution in [0.2, 0.25) is 0 Å². The molecule has 1 aromatic carbocycles. The zero-order chi connectivity index (χ0) is 13.8. The molecule has 5 heteroatoms. The van der Waals surface area contributed by atoms with Crippen LogP contribution in [-0.2, 0) is 0 Å². The number of aromatic hydroxyl groups is 2. The quantitative estimate of drug-likeness (QED) is 0.635. The van der Waals surface area contributed by atoms with E-state index < -0.39 is 5.91 Å². The fourth-order valence-electron chi connectivity index (χ4n) is 1.52. The van der Waals surface area contributed by atoms with E-state index in [2.05, 4.69) is 5.32 Å². The van der Waals surface area contributed by atoms with Crippen LogP contribution in [0.4, 0.5) is 0 Å². The Morgan fingerprint density at radius 1 is 1.33 bits per heavy atom. The molecule has 1 aromatic rings. The number of phenols is 2. The lowest BCUT2D eigenvalue weighted by atomic mass is 9.89. The van der Waals surface area contributed by atoms with Crippen molar-refractivity contribution in [3.63, 3.8) is 0 Å². The predicted molar refractivity (Wildman–Crippen MR) is 67.6 cm³/mol. The first-order chi connectivity index (χ1) is 8.35. The summed E-state index contributed by atoms with van der Waals surface area (Å²) in [5.41, 5.74) is -0.0932.